The molecule has 18 heavy (non-hydrogen) atoms. The van der Waals surface area contributed by atoms with Crippen LogP contribution >= 0.6 is 0 Å². The van der Waals surface area contributed by atoms with Crippen molar-refractivity contribution in [1.82, 2.24) is 5.32 Å². The predicted octanol–water partition coefficient (Wildman–Crippen LogP) is 2.60. The number of benzene rings is 1. The molecule has 2 rings (SSSR count). The molecule has 0 bridgehead atoms. The molecule has 1 aromatic rings. The monoisotopic (exact) mass is 249 g/mol. The second-order valence-corrected chi connectivity index (χ2v) is 5.05. The summed E-state index contributed by atoms with van der Waals surface area (Å²) in [5, 5.41) is 3.53. The maximum Gasteiger partial charge on any atom is 0.119 e. The van der Waals surface area contributed by atoms with Crippen molar-refractivity contribution >= 4 is 0 Å². The van der Waals surface area contributed by atoms with Gasteiger partial charge in [0.2, 0.25) is 0 Å². The first-order valence-corrected chi connectivity index (χ1v) is 6.73. The molecule has 1 heterocycles. The van der Waals surface area contributed by atoms with Gasteiger partial charge in [-0.25, -0.2) is 0 Å². The van der Waals surface area contributed by atoms with E-state index in [2.05, 4.69) is 24.4 Å². The zero-order valence-electron chi connectivity index (χ0n) is 11.3. The summed E-state index contributed by atoms with van der Waals surface area (Å²) < 4.78 is 10.8. The summed E-state index contributed by atoms with van der Waals surface area (Å²) in [7, 11) is 1.70. The van der Waals surface area contributed by atoms with Crippen LogP contribution in [0.5, 0.6) is 5.75 Å². The molecule has 2 atom stereocenters. The van der Waals surface area contributed by atoms with Gasteiger partial charge < -0.3 is 14.8 Å². The van der Waals surface area contributed by atoms with Gasteiger partial charge in [0, 0.05) is 13.2 Å². The van der Waals surface area contributed by atoms with E-state index in [4.69, 9.17) is 9.47 Å². The molecule has 0 unspecified atom stereocenters. The summed E-state index contributed by atoms with van der Waals surface area (Å²) in [4.78, 5) is 0. The van der Waals surface area contributed by atoms with Gasteiger partial charge in [-0.1, -0.05) is 12.1 Å². The largest absolute Gasteiger partial charge is 0.497 e. The lowest BCUT2D eigenvalue weighted by atomic mass is 9.96. The highest BCUT2D eigenvalue weighted by Crippen LogP contribution is 2.19. The normalized spacial score (nSPS) is 23.9. The third-order valence-corrected chi connectivity index (χ3v) is 3.49. The van der Waals surface area contributed by atoms with Gasteiger partial charge in [0.15, 0.2) is 0 Å². The summed E-state index contributed by atoms with van der Waals surface area (Å²) in [6, 6.07) is 8.22. The Morgan fingerprint density at radius 3 is 3.11 bits per heavy atom. The van der Waals surface area contributed by atoms with Gasteiger partial charge in [-0.3, -0.25) is 0 Å². The average Bonchev–Trinajstić information content (AvgIpc) is 2.39. The number of ether oxygens (including phenoxy) is 2. The fourth-order valence-corrected chi connectivity index (χ4v) is 2.48. The lowest BCUT2D eigenvalue weighted by Crippen LogP contribution is -2.30. The molecule has 3 nitrogen and oxygen atoms in total. The van der Waals surface area contributed by atoms with Crippen molar-refractivity contribution in [2.45, 2.75) is 32.4 Å². The van der Waals surface area contributed by atoms with Crippen LogP contribution in [0.3, 0.4) is 0 Å². The molecule has 3 heteroatoms. The van der Waals surface area contributed by atoms with E-state index in [1.165, 1.54) is 18.4 Å². The van der Waals surface area contributed by atoms with Crippen molar-refractivity contribution in [2.24, 2.45) is 5.92 Å². The van der Waals surface area contributed by atoms with E-state index in [1.807, 2.05) is 12.1 Å². The topological polar surface area (TPSA) is 30.5 Å². The molecule has 0 saturated carbocycles. The van der Waals surface area contributed by atoms with Crippen LogP contribution in [-0.4, -0.2) is 26.4 Å². The van der Waals surface area contributed by atoms with Crippen molar-refractivity contribution in [3.63, 3.8) is 0 Å². The highest BCUT2D eigenvalue weighted by molar-refractivity contribution is 5.28. The van der Waals surface area contributed by atoms with E-state index in [0.29, 0.717) is 6.10 Å². The van der Waals surface area contributed by atoms with Gasteiger partial charge in [-0.05, 0) is 49.9 Å². The molecule has 1 N–H and O–H groups in total. The molecule has 1 aromatic carbocycles. The number of hydrogen-bond acceptors (Lipinski definition) is 3. The summed E-state index contributed by atoms with van der Waals surface area (Å²) >= 11 is 0. The van der Waals surface area contributed by atoms with Gasteiger partial charge >= 0.3 is 0 Å². The van der Waals surface area contributed by atoms with Gasteiger partial charge in [0.1, 0.15) is 5.75 Å². The Hall–Kier alpha value is -1.06. The third kappa shape index (κ3) is 4.00. The molecule has 0 amide bonds. The molecule has 0 aliphatic carbocycles. The third-order valence-electron chi connectivity index (χ3n) is 3.49. The molecule has 1 saturated heterocycles. The first kappa shape index (κ1) is 13.4. The van der Waals surface area contributed by atoms with Crippen molar-refractivity contribution in [1.29, 1.82) is 0 Å². The van der Waals surface area contributed by atoms with E-state index < -0.39 is 0 Å². The standard InChI is InChI=1S/C15H23NO2/c1-12-8-14(6-7-18-12)11-16-10-13-4-3-5-15(9-13)17-2/h3-5,9,12,14,16H,6-8,10-11H2,1-2H3/t12-,14+/m0/s1. The Kier molecular flexibility index (Phi) is 5.02. The second-order valence-electron chi connectivity index (χ2n) is 5.05. The second kappa shape index (κ2) is 6.76. The van der Waals surface area contributed by atoms with E-state index in [0.717, 1.165) is 31.4 Å². The van der Waals surface area contributed by atoms with Crippen LogP contribution in [0.4, 0.5) is 0 Å². The molecular formula is C15H23NO2. The molecule has 1 aliphatic heterocycles. The number of rotatable bonds is 5. The van der Waals surface area contributed by atoms with Gasteiger partial charge in [0.25, 0.3) is 0 Å². The quantitative estimate of drug-likeness (QED) is 0.870. The SMILES string of the molecule is COc1cccc(CNC[C@@H]2CCO[C@@H](C)C2)c1. The number of methoxy groups -OCH3 is 1. The zero-order valence-corrected chi connectivity index (χ0v) is 11.3. The minimum atomic E-state index is 0.419. The van der Waals surface area contributed by atoms with Crippen LogP contribution in [0.2, 0.25) is 0 Å². The molecular weight excluding hydrogens is 226 g/mol. The lowest BCUT2D eigenvalue weighted by molar-refractivity contribution is 0.00289. The Morgan fingerprint density at radius 2 is 2.33 bits per heavy atom. The Labute approximate surface area is 109 Å². The van der Waals surface area contributed by atoms with Crippen LogP contribution < -0.4 is 10.1 Å². The Balaban J connectivity index is 1.74. The Morgan fingerprint density at radius 1 is 1.44 bits per heavy atom. The molecule has 100 valence electrons. The average molecular weight is 249 g/mol. The van der Waals surface area contributed by atoms with Crippen molar-refractivity contribution in [2.75, 3.05) is 20.3 Å². The molecule has 1 fully saturated rings. The van der Waals surface area contributed by atoms with E-state index in [9.17, 15) is 0 Å². The minimum absolute atomic E-state index is 0.419. The highest BCUT2D eigenvalue weighted by Gasteiger charge is 2.18. The molecule has 0 spiro atoms. The van der Waals surface area contributed by atoms with Crippen LogP contribution in [0.1, 0.15) is 25.3 Å². The summed E-state index contributed by atoms with van der Waals surface area (Å²) in [5.41, 5.74) is 1.27. The maximum atomic E-state index is 5.56. The Bertz CT molecular complexity index is 367. The molecule has 0 aromatic heterocycles. The maximum absolute atomic E-state index is 5.56. The van der Waals surface area contributed by atoms with Gasteiger partial charge in [0.05, 0.1) is 13.2 Å². The van der Waals surface area contributed by atoms with Crippen molar-refractivity contribution < 1.29 is 9.47 Å². The van der Waals surface area contributed by atoms with Crippen LogP contribution in [0, 0.1) is 5.92 Å². The predicted molar refractivity (Wildman–Crippen MR) is 72.8 cm³/mol. The van der Waals surface area contributed by atoms with Gasteiger partial charge in [-0.15, -0.1) is 0 Å². The number of nitrogens with one attached hydrogen (secondary N) is 1. The van der Waals surface area contributed by atoms with Crippen LogP contribution in [-0.2, 0) is 11.3 Å². The highest BCUT2D eigenvalue weighted by atomic mass is 16.5. The minimum Gasteiger partial charge on any atom is -0.497 e. The van der Waals surface area contributed by atoms with E-state index >= 15 is 0 Å². The number of hydrogen-bond donors (Lipinski definition) is 1. The van der Waals surface area contributed by atoms with Gasteiger partial charge in [-0.2, -0.15) is 0 Å². The van der Waals surface area contributed by atoms with E-state index in [1.54, 1.807) is 7.11 Å². The first-order chi connectivity index (χ1) is 8.78. The van der Waals surface area contributed by atoms with E-state index in [-0.39, 0.29) is 0 Å². The van der Waals surface area contributed by atoms with Crippen LogP contribution in [0.15, 0.2) is 24.3 Å². The summed E-state index contributed by atoms with van der Waals surface area (Å²) in [5.74, 6) is 1.67. The fourth-order valence-electron chi connectivity index (χ4n) is 2.48. The first-order valence-electron chi connectivity index (χ1n) is 6.73. The van der Waals surface area contributed by atoms with Crippen molar-refractivity contribution in [3.8, 4) is 5.75 Å². The fraction of sp³-hybridized carbons (Fsp3) is 0.600. The summed E-state index contributed by atoms with van der Waals surface area (Å²) in [6.45, 7) is 5.05. The zero-order chi connectivity index (χ0) is 12.8. The molecule has 1 aliphatic rings. The molecule has 0 radical (unpaired) electrons. The van der Waals surface area contributed by atoms with Crippen molar-refractivity contribution in [3.05, 3.63) is 29.8 Å². The summed E-state index contributed by atoms with van der Waals surface area (Å²) in [6.07, 6.45) is 2.77. The smallest absolute Gasteiger partial charge is 0.119 e. The van der Waals surface area contributed by atoms with Crippen LogP contribution in [0.25, 0.3) is 0 Å². The lowest BCUT2D eigenvalue weighted by Gasteiger charge is -2.27.